The summed E-state index contributed by atoms with van der Waals surface area (Å²) in [5, 5.41) is 8.93. The van der Waals surface area contributed by atoms with Crippen LogP contribution in [0, 0.1) is 5.82 Å². The summed E-state index contributed by atoms with van der Waals surface area (Å²) in [5.41, 5.74) is -0.459. The van der Waals surface area contributed by atoms with E-state index in [0.29, 0.717) is 11.8 Å². The quantitative estimate of drug-likeness (QED) is 0.855. The average molecular weight is 272 g/mol. The lowest BCUT2D eigenvalue weighted by Gasteiger charge is -2.07. The van der Waals surface area contributed by atoms with Crippen molar-refractivity contribution in [3.8, 4) is 11.3 Å². The average Bonchev–Trinajstić information content (AvgIpc) is 2.37. The summed E-state index contributed by atoms with van der Waals surface area (Å²) < 4.78 is 50.2. The molecule has 2 rings (SSSR count). The number of benzene rings is 1. The summed E-state index contributed by atoms with van der Waals surface area (Å²) in [6.45, 7) is -0.376. The molecule has 1 heterocycles. The van der Waals surface area contributed by atoms with Crippen molar-refractivity contribution >= 4 is 0 Å². The van der Waals surface area contributed by atoms with Crippen LogP contribution in [0.4, 0.5) is 17.6 Å². The van der Waals surface area contributed by atoms with E-state index in [0.717, 1.165) is 18.3 Å². The van der Waals surface area contributed by atoms with Crippen LogP contribution in [0.25, 0.3) is 11.3 Å². The smallest absolute Gasteiger partial charge is 0.392 e. The van der Waals surface area contributed by atoms with Crippen LogP contribution in [0.2, 0.25) is 0 Å². The standard InChI is InChI=1S/C12H8F4N2O/c13-9-2-7(6-19)1-8(3-9)10-4-18-11(5-17-10)12(14,15)16/h1-5,19H,6H2. The number of nitrogens with zero attached hydrogens (tertiary/aromatic N) is 2. The van der Waals surface area contributed by atoms with Crippen LogP contribution >= 0.6 is 0 Å². The van der Waals surface area contributed by atoms with Gasteiger partial charge in [-0.25, -0.2) is 9.37 Å². The lowest BCUT2D eigenvalue weighted by Crippen LogP contribution is -2.08. The Morgan fingerprint density at radius 3 is 2.32 bits per heavy atom. The number of hydrogen-bond acceptors (Lipinski definition) is 3. The largest absolute Gasteiger partial charge is 0.434 e. The van der Waals surface area contributed by atoms with Crippen LogP contribution in [0.5, 0.6) is 0 Å². The van der Waals surface area contributed by atoms with E-state index in [4.69, 9.17) is 5.11 Å². The number of halogens is 4. The minimum Gasteiger partial charge on any atom is -0.392 e. The molecule has 1 aromatic heterocycles. The molecule has 19 heavy (non-hydrogen) atoms. The molecule has 0 aliphatic heterocycles. The van der Waals surface area contributed by atoms with E-state index in [2.05, 4.69) is 9.97 Å². The Hall–Kier alpha value is -2.02. The normalized spacial score (nSPS) is 11.6. The lowest BCUT2D eigenvalue weighted by molar-refractivity contribution is -0.141. The third-order valence-electron chi connectivity index (χ3n) is 2.38. The first-order chi connectivity index (χ1) is 8.90. The summed E-state index contributed by atoms with van der Waals surface area (Å²) >= 11 is 0. The van der Waals surface area contributed by atoms with Crippen LogP contribution in [0.15, 0.2) is 30.6 Å². The molecule has 0 saturated heterocycles. The van der Waals surface area contributed by atoms with Gasteiger partial charge < -0.3 is 5.11 Å². The SMILES string of the molecule is OCc1cc(F)cc(-c2cnc(C(F)(F)F)cn2)c1. The molecule has 0 radical (unpaired) electrons. The Balaban J connectivity index is 2.40. The van der Waals surface area contributed by atoms with Crippen LogP contribution in [0.3, 0.4) is 0 Å². The fourth-order valence-electron chi connectivity index (χ4n) is 1.51. The second-order valence-corrected chi connectivity index (χ2v) is 3.79. The first-order valence-corrected chi connectivity index (χ1v) is 5.20. The van der Waals surface area contributed by atoms with E-state index in [9.17, 15) is 17.6 Å². The predicted octanol–water partition coefficient (Wildman–Crippen LogP) is 2.79. The Labute approximate surface area is 105 Å². The van der Waals surface area contributed by atoms with Gasteiger partial charge >= 0.3 is 6.18 Å². The van der Waals surface area contributed by atoms with E-state index in [1.54, 1.807) is 0 Å². The summed E-state index contributed by atoms with van der Waals surface area (Å²) in [5.74, 6) is -0.608. The molecule has 0 aliphatic rings. The number of hydrogen-bond donors (Lipinski definition) is 1. The van der Waals surface area contributed by atoms with Crippen LogP contribution in [-0.4, -0.2) is 15.1 Å². The highest BCUT2D eigenvalue weighted by Crippen LogP contribution is 2.28. The molecular formula is C12H8F4N2O. The van der Waals surface area contributed by atoms with Crippen LogP contribution < -0.4 is 0 Å². The topological polar surface area (TPSA) is 46.0 Å². The maximum absolute atomic E-state index is 13.2. The summed E-state index contributed by atoms with van der Waals surface area (Å²) in [7, 11) is 0. The molecule has 7 heteroatoms. The molecule has 1 aromatic carbocycles. The minimum absolute atomic E-state index is 0.0993. The molecule has 0 bridgehead atoms. The molecule has 0 fully saturated rings. The van der Waals surface area contributed by atoms with Crippen molar-refractivity contribution in [1.82, 2.24) is 9.97 Å². The fourth-order valence-corrected chi connectivity index (χ4v) is 1.51. The first kappa shape index (κ1) is 13.4. The van der Waals surface area contributed by atoms with Crippen LogP contribution in [-0.2, 0) is 12.8 Å². The van der Waals surface area contributed by atoms with E-state index in [-0.39, 0.29) is 17.9 Å². The van der Waals surface area contributed by atoms with Crippen molar-refractivity contribution in [2.75, 3.05) is 0 Å². The number of aromatic nitrogens is 2. The van der Waals surface area contributed by atoms with Gasteiger partial charge in [-0.05, 0) is 23.8 Å². The van der Waals surface area contributed by atoms with E-state index in [1.807, 2.05) is 0 Å². The molecule has 100 valence electrons. The van der Waals surface area contributed by atoms with Gasteiger partial charge in [0, 0.05) is 5.56 Å². The van der Waals surface area contributed by atoms with Crippen molar-refractivity contribution < 1.29 is 22.7 Å². The highest BCUT2D eigenvalue weighted by Gasteiger charge is 2.32. The molecule has 0 amide bonds. The van der Waals surface area contributed by atoms with Gasteiger partial charge in [-0.2, -0.15) is 13.2 Å². The maximum atomic E-state index is 13.2. The lowest BCUT2D eigenvalue weighted by atomic mass is 10.1. The maximum Gasteiger partial charge on any atom is 0.434 e. The predicted molar refractivity (Wildman–Crippen MR) is 58.4 cm³/mol. The molecule has 0 spiro atoms. The van der Waals surface area contributed by atoms with E-state index in [1.165, 1.54) is 6.07 Å². The number of alkyl halides is 3. The minimum atomic E-state index is -4.57. The van der Waals surface area contributed by atoms with Gasteiger partial charge in [-0.1, -0.05) is 0 Å². The van der Waals surface area contributed by atoms with Crippen molar-refractivity contribution in [2.24, 2.45) is 0 Å². The third-order valence-corrected chi connectivity index (χ3v) is 2.38. The van der Waals surface area contributed by atoms with Gasteiger partial charge in [0.05, 0.1) is 24.7 Å². The summed E-state index contributed by atoms with van der Waals surface area (Å²) in [6.07, 6.45) is -3.07. The Morgan fingerprint density at radius 2 is 1.79 bits per heavy atom. The van der Waals surface area contributed by atoms with E-state index >= 15 is 0 Å². The molecule has 0 saturated carbocycles. The third kappa shape index (κ3) is 3.05. The van der Waals surface area contributed by atoms with Gasteiger partial charge in [-0.15, -0.1) is 0 Å². The molecule has 0 aliphatic carbocycles. The summed E-state index contributed by atoms with van der Waals surface area (Å²) in [4.78, 5) is 6.84. The Morgan fingerprint density at radius 1 is 1.05 bits per heavy atom. The number of rotatable bonds is 2. The Kier molecular flexibility index (Phi) is 3.48. The first-order valence-electron chi connectivity index (χ1n) is 5.20. The second kappa shape index (κ2) is 4.93. The van der Waals surface area contributed by atoms with Crippen molar-refractivity contribution in [3.63, 3.8) is 0 Å². The van der Waals surface area contributed by atoms with Gasteiger partial charge in [0.15, 0.2) is 5.69 Å². The zero-order valence-electron chi connectivity index (χ0n) is 9.45. The number of aliphatic hydroxyl groups is 1. The Bertz CT molecular complexity index is 581. The van der Waals surface area contributed by atoms with Gasteiger partial charge in [-0.3, -0.25) is 4.98 Å². The second-order valence-electron chi connectivity index (χ2n) is 3.79. The molecule has 0 atom stereocenters. The molecule has 3 nitrogen and oxygen atoms in total. The van der Waals surface area contributed by atoms with Crippen molar-refractivity contribution in [1.29, 1.82) is 0 Å². The highest BCUT2D eigenvalue weighted by atomic mass is 19.4. The molecular weight excluding hydrogens is 264 g/mol. The monoisotopic (exact) mass is 272 g/mol. The zero-order chi connectivity index (χ0) is 14.0. The van der Waals surface area contributed by atoms with Crippen LogP contribution in [0.1, 0.15) is 11.3 Å². The van der Waals surface area contributed by atoms with Gasteiger partial charge in [0.2, 0.25) is 0 Å². The van der Waals surface area contributed by atoms with Crippen molar-refractivity contribution in [2.45, 2.75) is 12.8 Å². The fraction of sp³-hybridized carbons (Fsp3) is 0.167. The highest BCUT2D eigenvalue weighted by molar-refractivity contribution is 5.59. The van der Waals surface area contributed by atoms with Crippen molar-refractivity contribution in [3.05, 3.63) is 47.7 Å². The molecule has 1 N–H and O–H groups in total. The number of aliphatic hydroxyl groups excluding tert-OH is 1. The van der Waals surface area contributed by atoms with Gasteiger partial charge in [0.25, 0.3) is 0 Å². The van der Waals surface area contributed by atoms with E-state index < -0.39 is 17.7 Å². The molecule has 0 unspecified atom stereocenters. The van der Waals surface area contributed by atoms with Gasteiger partial charge in [0.1, 0.15) is 5.82 Å². The molecule has 2 aromatic rings. The zero-order valence-corrected chi connectivity index (χ0v) is 9.45. The summed E-state index contributed by atoms with van der Waals surface area (Å²) in [6, 6.07) is 3.66.